The van der Waals surface area contributed by atoms with Gasteiger partial charge in [0.15, 0.2) is 17.7 Å². The third kappa shape index (κ3) is 4.22. The number of hydrogen-bond donors (Lipinski definition) is 2. The highest BCUT2D eigenvalue weighted by Crippen LogP contribution is 2.21. The van der Waals surface area contributed by atoms with Crippen molar-refractivity contribution in [3.8, 4) is 18.1 Å². The molecule has 3 N–H and O–H groups in total. The first-order valence-corrected chi connectivity index (χ1v) is 7.00. The van der Waals surface area contributed by atoms with E-state index in [4.69, 9.17) is 16.3 Å². The fourth-order valence-electron chi connectivity index (χ4n) is 1.28. The Labute approximate surface area is 116 Å². The number of benzene rings is 1. The molecule has 1 atom stereocenters. The zero-order valence-corrected chi connectivity index (χ0v) is 11.4. The first-order valence-electron chi connectivity index (χ1n) is 5.46. The zero-order valence-electron chi connectivity index (χ0n) is 10.6. The van der Waals surface area contributed by atoms with Gasteiger partial charge in [0.1, 0.15) is 0 Å². The van der Waals surface area contributed by atoms with Crippen LogP contribution in [0.2, 0.25) is 0 Å². The van der Waals surface area contributed by atoms with Crippen LogP contribution in [-0.4, -0.2) is 27.0 Å². The number of sulfonamides is 1. The average molecular weight is 300 g/mol. The molecule has 0 aliphatic carbocycles. The van der Waals surface area contributed by atoms with Gasteiger partial charge in [0.25, 0.3) is 5.91 Å². The minimum Gasteiger partial charge on any atom is -0.478 e. The van der Waals surface area contributed by atoms with Crippen molar-refractivity contribution < 1.29 is 22.3 Å². The third-order valence-corrected chi connectivity index (χ3v) is 3.18. The maximum Gasteiger partial charge on any atom is 0.261 e. The van der Waals surface area contributed by atoms with Crippen LogP contribution in [0.15, 0.2) is 23.1 Å². The molecule has 8 heteroatoms. The van der Waals surface area contributed by atoms with Crippen molar-refractivity contribution in [3.63, 3.8) is 0 Å². The molecule has 1 rings (SSSR count). The van der Waals surface area contributed by atoms with Crippen LogP contribution in [0.3, 0.4) is 0 Å². The van der Waals surface area contributed by atoms with Crippen LogP contribution in [0.1, 0.15) is 6.92 Å². The molecule has 20 heavy (non-hydrogen) atoms. The van der Waals surface area contributed by atoms with E-state index < -0.39 is 27.9 Å². The average Bonchev–Trinajstić information content (AvgIpc) is 2.36. The second-order valence-electron chi connectivity index (χ2n) is 3.82. The first-order chi connectivity index (χ1) is 9.25. The van der Waals surface area contributed by atoms with Crippen LogP contribution in [-0.2, 0) is 14.8 Å². The number of carbonyl (C=O) groups is 1. The van der Waals surface area contributed by atoms with Crippen LogP contribution < -0.4 is 15.2 Å². The molecule has 6 nitrogen and oxygen atoms in total. The van der Waals surface area contributed by atoms with Gasteiger partial charge in [-0.1, -0.05) is 5.92 Å². The largest absolute Gasteiger partial charge is 0.478 e. The SMILES string of the molecule is C#CCNC(=O)C(C)Oc1ccc(S(N)(=O)=O)cc1F. The highest BCUT2D eigenvalue weighted by atomic mass is 32.2. The van der Waals surface area contributed by atoms with E-state index >= 15 is 0 Å². The summed E-state index contributed by atoms with van der Waals surface area (Å²) < 4.78 is 40.8. The van der Waals surface area contributed by atoms with Gasteiger partial charge < -0.3 is 10.1 Å². The molecule has 0 radical (unpaired) electrons. The first kappa shape index (κ1) is 15.9. The molecule has 0 saturated carbocycles. The maximum absolute atomic E-state index is 13.6. The monoisotopic (exact) mass is 300 g/mol. The van der Waals surface area contributed by atoms with Crippen molar-refractivity contribution in [1.82, 2.24) is 5.32 Å². The van der Waals surface area contributed by atoms with Gasteiger partial charge >= 0.3 is 0 Å². The number of amides is 1. The smallest absolute Gasteiger partial charge is 0.261 e. The summed E-state index contributed by atoms with van der Waals surface area (Å²) in [5, 5.41) is 7.23. The molecule has 0 fully saturated rings. The molecular formula is C12H13FN2O4S. The summed E-state index contributed by atoms with van der Waals surface area (Å²) in [7, 11) is -4.00. The highest BCUT2D eigenvalue weighted by Gasteiger charge is 2.17. The van der Waals surface area contributed by atoms with Crippen molar-refractivity contribution in [2.75, 3.05) is 6.54 Å². The summed E-state index contributed by atoms with van der Waals surface area (Å²) >= 11 is 0. The fraction of sp³-hybridized carbons (Fsp3) is 0.250. The number of nitrogens with two attached hydrogens (primary N) is 1. The molecule has 0 saturated heterocycles. The fourth-order valence-corrected chi connectivity index (χ4v) is 1.81. The lowest BCUT2D eigenvalue weighted by atomic mass is 10.3. The summed E-state index contributed by atoms with van der Waals surface area (Å²) in [6, 6.07) is 2.89. The number of rotatable bonds is 5. The van der Waals surface area contributed by atoms with Crippen molar-refractivity contribution in [3.05, 3.63) is 24.0 Å². The number of halogens is 1. The van der Waals surface area contributed by atoms with Gasteiger partial charge in [-0.25, -0.2) is 17.9 Å². The highest BCUT2D eigenvalue weighted by molar-refractivity contribution is 7.89. The normalized spacial score (nSPS) is 12.3. The Bertz CT molecular complexity index is 652. The molecular weight excluding hydrogens is 287 g/mol. The minimum atomic E-state index is -4.00. The van der Waals surface area contributed by atoms with Gasteiger partial charge in [-0.05, 0) is 25.1 Å². The van der Waals surface area contributed by atoms with Crippen LogP contribution in [0.25, 0.3) is 0 Å². The topological polar surface area (TPSA) is 98.5 Å². The van der Waals surface area contributed by atoms with Crippen molar-refractivity contribution in [1.29, 1.82) is 0 Å². The molecule has 0 aromatic heterocycles. The Balaban J connectivity index is 2.84. The molecule has 0 aliphatic heterocycles. The predicted molar refractivity (Wildman–Crippen MR) is 69.7 cm³/mol. The third-order valence-electron chi connectivity index (χ3n) is 2.27. The molecule has 1 amide bonds. The summed E-state index contributed by atoms with van der Waals surface area (Å²) in [5.41, 5.74) is 0. The minimum absolute atomic E-state index is 0.0272. The number of nitrogens with one attached hydrogen (secondary N) is 1. The van der Waals surface area contributed by atoms with Crippen LogP contribution >= 0.6 is 0 Å². The summed E-state index contributed by atoms with van der Waals surface area (Å²) in [6.07, 6.45) is 3.99. The lowest BCUT2D eigenvalue weighted by Crippen LogP contribution is -2.36. The van der Waals surface area contributed by atoms with E-state index in [2.05, 4.69) is 11.2 Å². The van der Waals surface area contributed by atoms with E-state index in [1.54, 1.807) is 0 Å². The quantitative estimate of drug-likeness (QED) is 0.747. The van der Waals surface area contributed by atoms with Gasteiger partial charge in [-0.15, -0.1) is 6.42 Å². The van der Waals surface area contributed by atoms with Gasteiger partial charge in [-0.2, -0.15) is 0 Å². The van der Waals surface area contributed by atoms with Crippen LogP contribution in [0.4, 0.5) is 4.39 Å². The second kappa shape index (κ2) is 6.36. The van der Waals surface area contributed by atoms with Crippen molar-refractivity contribution >= 4 is 15.9 Å². The van der Waals surface area contributed by atoms with Gasteiger partial charge in [0, 0.05) is 0 Å². The molecule has 0 spiro atoms. The summed E-state index contributed by atoms with van der Waals surface area (Å²) in [4.78, 5) is 11.1. The van der Waals surface area contributed by atoms with Crippen molar-refractivity contribution in [2.45, 2.75) is 17.9 Å². The summed E-state index contributed by atoms with van der Waals surface area (Å²) in [5.74, 6) is 0.495. The number of hydrogen-bond acceptors (Lipinski definition) is 4. The molecule has 0 bridgehead atoms. The van der Waals surface area contributed by atoms with Crippen LogP contribution in [0, 0.1) is 18.2 Å². The van der Waals surface area contributed by atoms with E-state index in [-0.39, 0.29) is 17.2 Å². The number of terminal acetylenes is 1. The number of carbonyl (C=O) groups excluding carboxylic acids is 1. The van der Waals surface area contributed by atoms with Gasteiger partial charge in [0.05, 0.1) is 11.4 Å². The van der Waals surface area contributed by atoms with E-state index in [0.717, 1.165) is 18.2 Å². The predicted octanol–water partition coefficient (Wildman–Crippen LogP) is -0.0102. The summed E-state index contributed by atoms with van der Waals surface area (Å²) in [6.45, 7) is 1.43. The lowest BCUT2D eigenvalue weighted by Gasteiger charge is -2.14. The molecule has 0 heterocycles. The van der Waals surface area contributed by atoms with Gasteiger partial charge in [0.2, 0.25) is 10.0 Å². The molecule has 1 aromatic rings. The molecule has 0 aliphatic rings. The molecule has 1 aromatic carbocycles. The standard InChI is InChI=1S/C12H13FN2O4S/c1-3-6-15-12(16)8(2)19-11-5-4-9(7-10(11)13)20(14,17)18/h1,4-5,7-8H,6H2,2H3,(H,15,16)(H2,14,17,18). The second-order valence-corrected chi connectivity index (χ2v) is 5.38. The van der Waals surface area contributed by atoms with E-state index in [1.165, 1.54) is 6.92 Å². The Morgan fingerprint density at radius 2 is 2.25 bits per heavy atom. The van der Waals surface area contributed by atoms with Gasteiger partial charge in [-0.3, -0.25) is 4.79 Å². The Kier molecular flexibility index (Phi) is 5.07. The van der Waals surface area contributed by atoms with Crippen LogP contribution in [0.5, 0.6) is 5.75 Å². The van der Waals surface area contributed by atoms with E-state index in [0.29, 0.717) is 0 Å². The number of primary sulfonamides is 1. The molecule has 108 valence electrons. The Morgan fingerprint density at radius 3 is 2.75 bits per heavy atom. The zero-order chi connectivity index (χ0) is 15.3. The van der Waals surface area contributed by atoms with Crippen molar-refractivity contribution in [2.24, 2.45) is 5.14 Å². The molecule has 1 unspecified atom stereocenters. The van der Waals surface area contributed by atoms with E-state index in [1.807, 2.05) is 0 Å². The van der Waals surface area contributed by atoms with E-state index in [9.17, 15) is 17.6 Å². The maximum atomic E-state index is 13.6. The Morgan fingerprint density at radius 1 is 1.60 bits per heavy atom. The number of ether oxygens (including phenoxy) is 1. The Hall–Kier alpha value is -2.11. The lowest BCUT2D eigenvalue weighted by molar-refractivity contribution is -0.127.